The van der Waals surface area contributed by atoms with E-state index in [1.54, 1.807) is 22.9 Å². The first-order valence-electron chi connectivity index (χ1n) is 9.07. The maximum atomic E-state index is 12.4. The van der Waals surface area contributed by atoms with Gasteiger partial charge in [-0.05, 0) is 29.9 Å². The fraction of sp³-hybridized carbons (Fsp3) is 0.381. The average Bonchev–Trinajstić information content (AvgIpc) is 3.38. The summed E-state index contributed by atoms with van der Waals surface area (Å²) in [6.45, 7) is 6.97. The molecular weight excluding hydrogens is 324 g/mol. The molecule has 1 aromatic carbocycles. The van der Waals surface area contributed by atoms with Crippen LogP contribution in [0.15, 0.2) is 53.5 Å². The molecule has 0 amide bonds. The van der Waals surface area contributed by atoms with Crippen LogP contribution < -0.4 is 10.9 Å². The topological polar surface area (TPSA) is 59.8 Å². The molecule has 0 saturated heterocycles. The first kappa shape index (κ1) is 16.8. The molecule has 26 heavy (non-hydrogen) atoms. The first-order valence-corrected chi connectivity index (χ1v) is 9.07. The number of nitrogens with one attached hydrogen (secondary N) is 1. The van der Waals surface area contributed by atoms with Gasteiger partial charge < -0.3 is 5.32 Å². The zero-order valence-electron chi connectivity index (χ0n) is 15.5. The molecule has 0 atom stereocenters. The van der Waals surface area contributed by atoms with E-state index in [0.717, 1.165) is 18.2 Å². The second-order valence-electron chi connectivity index (χ2n) is 8.36. The van der Waals surface area contributed by atoms with E-state index in [1.807, 2.05) is 6.07 Å². The Hall–Kier alpha value is -2.69. The maximum absolute atomic E-state index is 12.4. The lowest BCUT2D eigenvalue weighted by Crippen LogP contribution is -2.27. The number of anilines is 1. The Kier molecular flexibility index (Phi) is 3.83. The second kappa shape index (κ2) is 5.94. The SMILES string of the molecule is CC(C)(C)Cn1c(=O)ccc2cnc(NC3(c4ccccc4)CC3)nc21. The predicted octanol–water partition coefficient (Wildman–Crippen LogP) is 3.94. The van der Waals surface area contributed by atoms with Gasteiger partial charge in [0.2, 0.25) is 5.95 Å². The van der Waals surface area contributed by atoms with Crippen LogP contribution in [0.2, 0.25) is 0 Å². The van der Waals surface area contributed by atoms with Crippen molar-refractivity contribution in [3.8, 4) is 0 Å². The van der Waals surface area contributed by atoms with Crippen LogP contribution in [0.5, 0.6) is 0 Å². The van der Waals surface area contributed by atoms with Crippen molar-refractivity contribution in [3.63, 3.8) is 0 Å². The average molecular weight is 348 g/mol. The summed E-state index contributed by atoms with van der Waals surface area (Å²) in [5.41, 5.74) is 1.82. The lowest BCUT2D eigenvalue weighted by atomic mass is 9.97. The van der Waals surface area contributed by atoms with Crippen LogP contribution in [0.1, 0.15) is 39.2 Å². The number of aromatic nitrogens is 3. The zero-order chi connectivity index (χ0) is 18.4. The highest BCUT2D eigenvalue weighted by molar-refractivity contribution is 5.75. The summed E-state index contributed by atoms with van der Waals surface area (Å²) in [6.07, 6.45) is 3.91. The van der Waals surface area contributed by atoms with Gasteiger partial charge in [0.05, 0.1) is 5.54 Å². The maximum Gasteiger partial charge on any atom is 0.252 e. The van der Waals surface area contributed by atoms with E-state index in [2.05, 4.69) is 55.3 Å². The third-order valence-electron chi connectivity index (χ3n) is 4.78. The third kappa shape index (κ3) is 3.21. The largest absolute Gasteiger partial charge is 0.345 e. The van der Waals surface area contributed by atoms with Crippen molar-refractivity contribution in [2.45, 2.75) is 45.7 Å². The minimum atomic E-state index is -0.0845. The van der Waals surface area contributed by atoms with Crippen LogP contribution in [-0.2, 0) is 12.1 Å². The molecule has 1 aliphatic rings. The van der Waals surface area contributed by atoms with Crippen molar-refractivity contribution in [1.29, 1.82) is 0 Å². The quantitative estimate of drug-likeness (QED) is 0.776. The molecule has 2 heterocycles. The van der Waals surface area contributed by atoms with E-state index in [4.69, 9.17) is 4.98 Å². The molecule has 5 heteroatoms. The summed E-state index contributed by atoms with van der Waals surface area (Å²) in [5, 5.41) is 4.39. The molecule has 2 aromatic heterocycles. The lowest BCUT2D eigenvalue weighted by Gasteiger charge is -2.21. The van der Waals surface area contributed by atoms with Gasteiger partial charge in [-0.15, -0.1) is 0 Å². The molecule has 0 spiro atoms. The summed E-state index contributed by atoms with van der Waals surface area (Å²) in [7, 11) is 0. The van der Waals surface area contributed by atoms with Crippen LogP contribution in [0.4, 0.5) is 5.95 Å². The van der Waals surface area contributed by atoms with Crippen LogP contribution in [-0.4, -0.2) is 14.5 Å². The Morgan fingerprint density at radius 3 is 2.50 bits per heavy atom. The van der Waals surface area contributed by atoms with Gasteiger partial charge in [-0.25, -0.2) is 4.98 Å². The number of fused-ring (bicyclic) bond motifs is 1. The van der Waals surface area contributed by atoms with Crippen LogP contribution >= 0.6 is 0 Å². The van der Waals surface area contributed by atoms with E-state index in [-0.39, 0.29) is 16.5 Å². The van der Waals surface area contributed by atoms with E-state index >= 15 is 0 Å². The minimum absolute atomic E-state index is 0.0155. The Balaban J connectivity index is 1.74. The normalized spacial score (nSPS) is 15.8. The number of hydrogen-bond acceptors (Lipinski definition) is 4. The van der Waals surface area contributed by atoms with Crippen LogP contribution in [0, 0.1) is 5.41 Å². The van der Waals surface area contributed by atoms with Crippen molar-refractivity contribution < 1.29 is 0 Å². The Labute approximate surface area is 153 Å². The molecule has 4 rings (SSSR count). The molecule has 134 valence electrons. The fourth-order valence-corrected chi connectivity index (χ4v) is 3.34. The van der Waals surface area contributed by atoms with Gasteiger partial charge in [0.1, 0.15) is 5.65 Å². The highest BCUT2D eigenvalue weighted by Crippen LogP contribution is 2.47. The van der Waals surface area contributed by atoms with Gasteiger partial charge in [-0.1, -0.05) is 51.1 Å². The van der Waals surface area contributed by atoms with E-state index in [0.29, 0.717) is 18.1 Å². The van der Waals surface area contributed by atoms with Crippen molar-refractivity contribution in [2.75, 3.05) is 5.32 Å². The van der Waals surface area contributed by atoms with E-state index in [1.165, 1.54) is 5.56 Å². The summed E-state index contributed by atoms with van der Waals surface area (Å²) in [6, 6.07) is 13.8. The molecule has 1 fully saturated rings. The van der Waals surface area contributed by atoms with E-state index < -0.39 is 0 Å². The van der Waals surface area contributed by atoms with Crippen LogP contribution in [0.3, 0.4) is 0 Å². The van der Waals surface area contributed by atoms with Gasteiger partial charge in [-0.3, -0.25) is 9.36 Å². The molecule has 1 N–H and O–H groups in total. The Bertz CT molecular complexity index is 998. The minimum Gasteiger partial charge on any atom is -0.345 e. The zero-order valence-corrected chi connectivity index (χ0v) is 15.5. The first-order chi connectivity index (χ1) is 12.4. The summed E-state index contributed by atoms with van der Waals surface area (Å²) < 4.78 is 1.75. The van der Waals surface area contributed by atoms with E-state index in [9.17, 15) is 4.79 Å². The molecule has 5 nitrogen and oxygen atoms in total. The summed E-state index contributed by atoms with van der Waals surface area (Å²) in [4.78, 5) is 21.6. The van der Waals surface area contributed by atoms with Gasteiger partial charge >= 0.3 is 0 Å². The summed E-state index contributed by atoms with van der Waals surface area (Å²) in [5.74, 6) is 0.576. The number of benzene rings is 1. The smallest absolute Gasteiger partial charge is 0.252 e. The molecular formula is C21H24N4O. The van der Waals surface area contributed by atoms with Gasteiger partial charge in [0.25, 0.3) is 5.56 Å². The van der Waals surface area contributed by atoms with Crippen LogP contribution in [0.25, 0.3) is 11.0 Å². The van der Waals surface area contributed by atoms with Crippen molar-refractivity contribution in [2.24, 2.45) is 5.41 Å². The Morgan fingerprint density at radius 1 is 1.12 bits per heavy atom. The molecule has 0 aliphatic heterocycles. The molecule has 0 radical (unpaired) electrons. The molecule has 0 unspecified atom stereocenters. The van der Waals surface area contributed by atoms with Crippen molar-refractivity contribution >= 4 is 17.0 Å². The fourth-order valence-electron chi connectivity index (χ4n) is 3.34. The lowest BCUT2D eigenvalue weighted by molar-refractivity contribution is 0.343. The van der Waals surface area contributed by atoms with Crippen molar-refractivity contribution in [1.82, 2.24) is 14.5 Å². The molecule has 1 saturated carbocycles. The number of pyridine rings is 1. The predicted molar refractivity (Wildman–Crippen MR) is 104 cm³/mol. The van der Waals surface area contributed by atoms with Gasteiger partial charge in [0.15, 0.2) is 0 Å². The monoisotopic (exact) mass is 348 g/mol. The molecule has 3 aromatic rings. The van der Waals surface area contributed by atoms with Crippen molar-refractivity contribution in [3.05, 3.63) is 64.6 Å². The third-order valence-corrected chi connectivity index (χ3v) is 4.78. The summed E-state index contributed by atoms with van der Waals surface area (Å²) >= 11 is 0. The number of rotatable bonds is 4. The molecule has 1 aliphatic carbocycles. The highest BCUT2D eigenvalue weighted by atomic mass is 16.1. The number of hydrogen-bond donors (Lipinski definition) is 1. The van der Waals surface area contributed by atoms with Gasteiger partial charge in [0, 0.05) is 24.2 Å². The second-order valence-corrected chi connectivity index (χ2v) is 8.36. The number of nitrogens with zero attached hydrogens (tertiary/aromatic N) is 3. The molecule has 0 bridgehead atoms. The standard InChI is InChI=1S/C21H24N4O/c1-20(2,3)14-25-17(26)10-9-15-13-22-19(23-18(15)25)24-21(11-12-21)16-7-5-4-6-8-16/h4-10,13H,11-12,14H2,1-3H3,(H,22,23,24). The van der Waals surface area contributed by atoms with Gasteiger partial charge in [-0.2, -0.15) is 4.98 Å². The highest BCUT2D eigenvalue weighted by Gasteiger charge is 2.44. The Morgan fingerprint density at radius 2 is 1.85 bits per heavy atom.